The molecule has 0 saturated carbocycles. The van der Waals surface area contributed by atoms with E-state index in [2.05, 4.69) is 17.4 Å². The summed E-state index contributed by atoms with van der Waals surface area (Å²) in [6.45, 7) is 2.75. The molecule has 0 radical (unpaired) electrons. The highest BCUT2D eigenvalue weighted by atomic mass is 16.5. The van der Waals surface area contributed by atoms with Crippen molar-refractivity contribution in [2.75, 3.05) is 6.61 Å². The fourth-order valence-electron chi connectivity index (χ4n) is 2.54. The van der Waals surface area contributed by atoms with Gasteiger partial charge in [-0.05, 0) is 38.2 Å². The number of nitrogens with two attached hydrogens (primary N) is 1. The van der Waals surface area contributed by atoms with Crippen molar-refractivity contribution in [3.8, 4) is 0 Å². The van der Waals surface area contributed by atoms with Gasteiger partial charge >= 0.3 is 0 Å². The van der Waals surface area contributed by atoms with E-state index in [1.807, 2.05) is 25.1 Å². The van der Waals surface area contributed by atoms with Crippen molar-refractivity contribution in [2.45, 2.75) is 50.8 Å². The van der Waals surface area contributed by atoms with Gasteiger partial charge in [-0.2, -0.15) is 0 Å². The second kappa shape index (κ2) is 7.41. The third-order valence-electron chi connectivity index (χ3n) is 3.76. The topological polar surface area (TPSA) is 64.4 Å². The minimum absolute atomic E-state index is 0.0416. The maximum Gasteiger partial charge on any atom is 0.237 e. The van der Waals surface area contributed by atoms with E-state index in [0.717, 1.165) is 19.3 Å². The number of carbonyl (C=O) groups excluding carboxylic acids is 1. The van der Waals surface area contributed by atoms with Gasteiger partial charge in [-0.25, -0.2) is 0 Å². The van der Waals surface area contributed by atoms with Crippen molar-refractivity contribution < 1.29 is 9.53 Å². The van der Waals surface area contributed by atoms with Crippen molar-refractivity contribution in [1.82, 2.24) is 5.32 Å². The molecule has 110 valence electrons. The van der Waals surface area contributed by atoms with Gasteiger partial charge in [0.2, 0.25) is 5.91 Å². The molecule has 1 fully saturated rings. The van der Waals surface area contributed by atoms with E-state index in [1.165, 1.54) is 5.56 Å². The number of aryl methyl sites for hydroxylation is 1. The minimum Gasteiger partial charge on any atom is -0.378 e. The van der Waals surface area contributed by atoms with Crippen LogP contribution in [0.25, 0.3) is 0 Å². The average molecular weight is 276 g/mol. The van der Waals surface area contributed by atoms with Crippen molar-refractivity contribution in [3.63, 3.8) is 0 Å². The Hall–Kier alpha value is -1.39. The lowest BCUT2D eigenvalue weighted by molar-refractivity contribution is -0.124. The molecule has 1 aromatic carbocycles. The summed E-state index contributed by atoms with van der Waals surface area (Å²) in [5.41, 5.74) is 7.19. The van der Waals surface area contributed by atoms with Gasteiger partial charge in [0.05, 0.1) is 12.1 Å². The predicted octanol–water partition coefficient (Wildman–Crippen LogP) is 1.63. The monoisotopic (exact) mass is 276 g/mol. The largest absolute Gasteiger partial charge is 0.378 e. The Bertz CT molecular complexity index is 422. The standard InChI is InChI=1S/C16H24N2O2/c1-12-11-14(9-10-20-12)18-16(19)15(17)8-7-13-5-3-2-4-6-13/h2-6,12,14-15H,7-11,17H2,1H3,(H,18,19)/t12?,14?,15-/m0/s1. The molecule has 0 aromatic heterocycles. The lowest BCUT2D eigenvalue weighted by Gasteiger charge is -2.28. The molecule has 0 bridgehead atoms. The van der Waals surface area contributed by atoms with Gasteiger partial charge in [-0.15, -0.1) is 0 Å². The summed E-state index contributed by atoms with van der Waals surface area (Å²) in [5, 5.41) is 3.04. The van der Waals surface area contributed by atoms with Gasteiger partial charge in [0.15, 0.2) is 0 Å². The van der Waals surface area contributed by atoms with Gasteiger partial charge in [0, 0.05) is 12.6 Å². The van der Waals surface area contributed by atoms with Crippen molar-refractivity contribution >= 4 is 5.91 Å². The summed E-state index contributed by atoms with van der Waals surface area (Å²) in [4.78, 5) is 12.1. The number of rotatable bonds is 5. The number of amides is 1. The summed E-state index contributed by atoms with van der Waals surface area (Å²) in [6, 6.07) is 9.88. The highest BCUT2D eigenvalue weighted by molar-refractivity contribution is 5.81. The van der Waals surface area contributed by atoms with E-state index >= 15 is 0 Å². The Labute approximate surface area is 120 Å². The maximum absolute atomic E-state index is 12.1. The first kappa shape index (κ1) is 15.0. The predicted molar refractivity (Wildman–Crippen MR) is 79.3 cm³/mol. The van der Waals surface area contributed by atoms with E-state index in [0.29, 0.717) is 13.0 Å². The molecule has 20 heavy (non-hydrogen) atoms. The second-order valence-electron chi connectivity index (χ2n) is 5.54. The number of carbonyl (C=O) groups is 1. The summed E-state index contributed by atoms with van der Waals surface area (Å²) in [7, 11) is 0. The van der Waals surface area contributed by atoms with Crippen molar-refractivity contribution in [3.05, 3.63) is 35.9 Å². The van der Waals surface area contributed by atoms with Gasteiger partial charge in [0.1, 0.15) is 0 Å². The molecule has 4 heteroatoms. The molecule has 3 atom stereocenters. The molecule has 1 heterocycles. The Morgan fingerprint density at radius 2 is 2.20 bits per heavy atom. The van der Waals surface area contributed by atoms with Crippen molar-refractivity contribution in [1.29, 1.82) is 0 Å². The number of nitrogens with one attached hydrogen (secondary N) is 1. The fraction of sp³-hybridized carbons (Fsp3) is 0.562. The number of hydrogen-bond acceptors (Lipinski definition) is 3. The van der Waals surface area contributed by atoms with Crippen LogP contribution in [0.3, 0.4) is 0 Å². The second-order valence-corrected chi connectivity index (χ2v) is 5.54. The van der Waals surface area contributed by atoms with Gasteiger partial charge < -0.3 is 15.8 Å². The Morgan fingerprint density at radius 1 is 1.45 bits per heavy atom. The molecular weight excluding hydrogens is 252 g/mol. The molecule has 1 aromatic rings. The third kappa shape index (κ3) is 4.62. The van der Waals surface area contributed by atoms with Crippen LogP contribution in [0.1, 0.15) is 31.7 Å². The van der Waals surface area contributed by atoms with Crippen LogP contribution in [0.5, 0.6) is 0 Å². The fourth-order valence-corrected chi connectivity index (χ4v) is 2.54. The van der Waals surface area contributed by atoms with E-state index in [1.54, 1.807) is 0 Å². The third-order valence-corrected chi connectivity index (χ3v) is 3.76. The van der Waals surface area contributed by atoms with Gasteiger partial charge in [-0.3, -0.25) is 4.79 Å². The lowest BCUT2D eigenvalue weighted by atomic mass is 10.0. The van der Waals surface area contributed by atoms with E-state index in [9.17, 15) is 4.79 Å². The average Bonchev–Trinajstić information content (AvgIpc) is 2.46. The number of hydrogen-bond donors (Lipinski definition) is 2. The summed E-state index contributed by atoms with van der Waals surface area (Å²) < 4.78 is 5.47. The molecule has 2 unspecified atom stereocenters. The first-order valence-corrected chi connectivity index (χ1v) is 7.36. The summed E-state index contributed by atoms with van der Waals surface area (Å²) in [5.74, 6) is -0.0416. The number of ether oxygens (including phenoxy) is 1. The molecule has 0 spiro atoms. The molecule has 3 N–H and O–H groups in total. The van der Waals surface area contributed by atoms with Crippen LogP contribution in [-0.2, 0) is 16.0 Å². The van der Waals surface area contributed by atoms with Crippen LogP contribution < -0.4 is 11.1 Å². The Morgan fingerprint density at radius 3 is 2.90 bits per heavy atom. The molecule has 1 saturated heterocycles. The maximum atomic E-state index is 12.1. The van der Waals surface area contributed by atoms with Crippen LogP contribution in [-0.4, -0.2) is 30.7 Å². The Balaban J connectivity index is 1.74. The molecular formula is C16H24N2O2. The van der Waals surface area contributed by atoms with E-state index in [-0.39, 0.29) is 18.1 Å². The molecule has 1 amide bonds. The van der Waals surface area contributed by atoms with Gasteiger partial charge in [-0.1, -0.05) is 30.3 Å². The first-order valence-electron chi connectivity index (χ1n) is 7.36. The van der Waals surface area contributed by atoms with Crippen LogP contribution in [0, 0.1) is 0 Å². The quantitative estimate of drug-likeness (QED) is 0.859. The molecule has 0 aliphatic carbocycles. The highest BCUT2D eigenvalue weighted by Gasteiger charge is 2.23. The Kier molecular flexibility index (Phi) is 5.56. The first-order chi connectivity index (χ1) is 9.65. The molecule has 2 rings (SSSR count). The normalized spacial score (nSPS) is 24.1. The number of benzene rings is 1. The van der Waals surface area contributed by atoms with Crippen molar-refractivity contribution in [2.24, 2.45) is 5.73 Å². The van der Waals surface area contributed by atoms with Crippen LogP contribution in [0.4, 0.5) is 0 Å². The zero-order valence-corrected chi connectivity index (χ0v) is 12.0. The molecule has 4 nitrogen and oxygen atoms in total. The van der Waals surface area contributed by atoms with Gasteiger partial charge in [0.25, 0.3) is 0 Å². The highest BCUT2D eigenvalue weighted by Crippen LogP contribution is 2.13. The molecule has 1 aliphatic rings. The van der Waals surface area contributed by atoms with Crippen LogP contribution in [0.2, 0.25) is 0 Å². The lowest BCUT2D eigenvalue weighted by Crippen LogP contribution is -2.48. The van der Waals surface area contributed by atoms with E-state index in [4.69, 9.17) is 10.5 Å². The summed E-state index contributed by atoms with van der Waals surface area (Å²) >= 11 is 0. The zero-order chi connectivity index (χ0) is 14.4. The summed E-state index contributed by atoms with van der Waals surface area (Å²) in [6.07, 6.45) is 3.47. The van der Waals surface area contributed by atoms with Crippen LogP contribution in [0.15, 0.2) is 30.3 Å². The minimum atomic E-state index is -0.437. The van der Waals surface area contributed by atoms with E-state index < -0.39 is 6.04 Å². The molecule has 1 aliphatic heterocycles. The SMILES string of the molecule is CC1CC(NC(=O)[C@@H](N)CCc2ccccc2)CCO1. The smallest absolute Gasteiger partial charge is 0.237 e. The van der Waals surface area contributed by atoms with Crippen LogP contribution >= 0.6 is 0 Å². The zero-order valence-electron chi connectivity index (χ0n) is 12.0.